The molecule has 0 saturated heterocycles. The molecule has 0 fully saturated rings. The van der Waals surface area contributed by atoms with Gasteiger partial charge in [0.25, 0.3) is 0 Å². The van der Waals surface area contributed by atoms with E-state index in [-0.39, 0.29) is 0 Å². The third kappa shape index (κ3) is 4.40. The van der Waals surface area contributed by atoms with Crippen LogP contribution >= 0.6 is 0 Å². The Morgan fingerprint density at radius 2 is 1.10 bits per heavy atom. The topological polar surface area (TPSA) is 0 Å². The van der Waals surface area contributed by atoms with Crippen LogP contribution in [-0.4, -0.2) is 0 Å². The van der Waals surface area contributed by atoms with E-state index in [9.17, 15) is 0 Å². The zero-order valence-corrected chi connectivity index (χ0v) is 12.3. The third-order valence-electron chi connectivity index (χ3n) is 3.00. The molecule has 102 valence electrons. The van der Waals surface area contributed by atoms with Crippen molar-refractivity contribution in [1.82, 2.24) is 0 Å². The van der Waals surface area contributed by atoms with E-state index in [1.165, 1.54) is 22.3 Å². The average Bonchev–Trinajstić information content (AvgIpc) is 2.50. The van der Waals surface area contributed by atoms with Crippen LogP contribution in [0.2, 0.25) is 0 Å². The van der Waals surface area contributed by atoms with Gasteiger partial charge in [-0.3, -0.25) is 0 Å². The highest BCUT2D eigenvalue weighted by Gasteiger charge is 1.99. The Morgan fingerprint density at radius 3 is 1.35 bits per heavy atom. The zero-order chi connectivity index (χ0) is 14.8. The molecular formula is C20H22. The van der Waals surface area contributed by atoms with E-state index >= 15 is 0 Å². The molecule has 0 aliphatic carbocycles. The molecule has 0 heteroatoms. The highest BCUT2D eigenvalue weighted by atomic mass is 14.0. The predicted octanol–water partition coefficient (Wildman–Crippen LogP) is 5.98. The van der Waals surface area contributed by atoms with Crippen LogP contribution < -0.4 is 0 Å². The molecular weight excluding hydrogens is 240 g/mol. The maximum absolute atomic E-state index is 3.70. The van der Waals surface area contributed by atoms with Crippen molar-refractivity contribution in [3.8, 4) is 0 Å². The van der Waals surface area contributed by atoms with Crippen LogP contribution in [0, 0.1) is 0 Å². The number of rotatable bonds is 6. The Kier molecular flexibility index (Phi) is 6.84. The lowest BCUT2D eigenvalue weighted by Gasteiger charge is -2.06. The fourth-order valence-corrected chi connectivity index (χ4v) is 1.92. The largest absolute Gasteiger partial charge is 0.0991 e. The van der Waals surface area contributed by atoms with Gasteiger partial charge >= 0.3 is 0 Å². The van der Waals surface area contributed by atoms with Gasteiger partial charge in [0.2, 0.25) is 0 Å². The first-order valence-corrected chi connectivity index (χ1v) is 6.78. The summed E-state index contributed by atoms with van der Waals surface area (Å²) in [5, 5.41) is 0. The fourth-order valence-electron chi connectivity index (χ4n) is 1.92. The zero-order valence-electron chi connectivity index (χ0n) is 12.3. The smallest absolute Gasteiger partial charge is 0.0187 e. The van der Waals surface area contributed by atoms with Crippen molar-refractivity contribution in [2.75, 3.05) is 0 Å². The molecule has 0 atom stereocenters. The molecule has 0 bridgehead atoms. The minimum atomic E-state index is 1.19. The van der Waals surface area contributed by atoms with E-state index in [1.807, 2.05) is 26.0 Å². The minimum Gasteiger partial charge on any atom is -0.0991 e. The summed E-state index contributed by atoms with van der Waals surface area (Å²) in [6.45, 7) is 11.5. The lowest BCUT2D eigenvalue weighted by atomic mass is 9.99. The van der Waals surface area contributed by atoms with E-state index in [1.54, 1.807) is 12.2 Å². The van der Waals surface area contributed by atoms with Crippen LogP contribution in [-0.2, 0) is 0 Å². The highest BCUT2D eigenvalue weighted by molar-refractivity contribution is 5.78. The van der Waals surface area contributed by atoms with E-state index in [0.29, 0.717) is 0 Å². The van der Waals surface area contributed by atoms with Gasteiger partial charge < -0.3 is 0 Å². The van der Waals surface area contributed by atoms with Crippen molar-refractivity contribution < 1.29 is 0 Å². The number of allylic oxidation sites excluding steroid dienone is 10. The van der Waals surface area contributed by atoms with Crippen LogP contribution in [0.5, 0.6) is 0 Å². The molecule has 0 amide bonds. The molecule has 1 aromatic carbocycles. The van der Waals surface area contributed by atoms with Crippen molar-refractivity contribution >= 4 is 11.1 Å². The van der Waals surface area contributed by atoms with Crippen LogP contribution in [0.25, 0.3) is 11.1 Å². The molecule has 0 spiro atoms. The summed E-state index contributed by atoms with van der Waals surface area (Å²) < 4.78 is 0. The van der Waals surface area contributed by atoms with Crippen molar-refractivity contribution in [1.29, 1.82) is 0 Å². The Morgan fingerprint density at radius 1 is 0.750 bits per heavy atom. The van der Waals surface area contributed by atoms with Crippen LogP contribution in [0.4, 0.5) is 0 Å². The van der Waals surface area contributed by atoms with Crippen LogP contribution in [0.1, 0.15) is 25.0 Å². The maximum atomic E-state index is 3.70. The van der Waals surface area contributed by atoms with Gasteiger partial charge in [-0.05, 0) is 36.1 Å². The van der Waals surface area contributed by atoms with Crippen LogP contribution in [0.15, 0.2) is 86.0 Å². The van der Waals surface area contributed by atoms with E-state index in [4.69, 9.17) is 0 Å². The maximum Gasteiger partial charge on any atom is -0.0187 e. The summed E-state index contributed by atoms with van der Waals surface area (Å²) in [5.41, 5.74) is 4.80. The molecule has 0 N–H and O–H groups in total. The van der Waals surface area contributed by atoms with Crippen molar-refractivity contribution in [3.05, 3.63) is 97.2 Å². The van der Waals surface area contributed by atoms with E-state index < -0.39 is 0 Å². The summed E-state index contributed by atoms with van der Waals surface area (Å²) in [6, 6.07) is 8.57. The van der Waals surface area contributed by atoms with Gasteiger partial charge in [0.15, 0.2) is 0 Å². The van der Waals surface area contributed by atoms with Gasteiger partial charge in [0, 0.05) is 0 Å². The molecule has 0 saturated carbocycles. The number of hydrogen-bond donors (Lipinski definition) is 0. The number of benzene rings is 1. The summed E-state index contributed by atoms with van der Waals surface area (Å²) in [4.78, 5) is 0. The van der Waals surface area contributed by atoms with Gasteiger partial charge in [-0.25, -0.2) is 0 Å². The normalized spacial score (nSPS) is 13.1. The first kappa shape index (κ1) is 15.7. The van der Waals surface area contributed by atoms with Crippen molar-refractivity contribution in [2.24, 2.45) is 0 Å². The second-order valence-corrected chi connectivity index (χ2v) is 4.26. The average molecular weight is 262 g/mol. The SMILES string of the molecule is C=C/C=C\C(=C/C)c1ccc(C(/C=C\C=C)=C/C)cc1. The molecule has 20 heavy (non-hydrogen) atoms. The lowest BCUT2D eigenvalue weighted by Crippen LogP contribution is -1.84. The first-order valence-electron chi connectivity index (χ1n) is 6.78. The summed E-state index contributed by atoms with van der Waals surface area (Å²) in [5.74, 6) is 0. The quantitative estimate of drug-likeness (QED) is 0.553. The Bertz CT molecular complexity index is 508. The predicted molar refractivity (Wildman–Crippen MR) is 92.4 cm³/mol. The minimum absolute atomic E-state index is 1.19. The van der Waals surface area contributed by atoms with Crippen molar-refractivity contribution in [3.63, 3.8) is 0 Å². The first-order chi connectivity index (χ1) is 9.76. The molecule has 0 aliphatic heterocycles. The second-order valence-electron chi connectivity index (χ2n) is 4.26. The van der Waals surface area contributed by atoms with Gasteiger partial charge in [0.05, 0.1) is 0 Å². The third-order valence-corrected chi connectivity index (χ3v) is 3.00. The Balaban J connectivity index is 3.04. The molecule has 1 rings (SSSR count). The highest BCUT2D eigenvalue weighted by Crippen LogP contribution is 2.21. The molecule has 0 heterocycles. The van der Waals surface area contributed by atoms with Gasteiger partial charge in [-0.15, -0.1) is 0 Å². The standard InChI is InChI=1S/C20H22/c1-5-9-11-17(7-3)19-13-15-20(16-14-19)18(8-4)12-10-6-2/h5-16H,1-2H2,3-4H3/b11-9-,12-10-,17-7+,18-8+. The van der Waals surface area contributed by atoms with Crippen molar-refractivity contribution in [2.45, 2.75) is 13.8 Å². The van der Waals surface area contributed by atoms with E-state index in [0.717, 1.165) is 0 Å². The molecule has 0 aliphatic rings. The van der Waals surface area contributed by atoms with Gasteiger partial charge in [0.1, 0.15) is 0 Å². The molecule has 0 radical (unpaired) electrons. The summed E-state index contributed by atoms with van der Waals surface area (Å²) in [6.07, 6.45) is 15.8. The molecule has 0 nitrogen and oxygen atoms in total. The fraction of sp³-hybridized carbons (Fsp3) is 0.100. The summed E-state index contributed by atoms with van der Waals surface area (Å²) in [7, 11) is 0. The Hall–Kier alpha value is -2.34. The molecule has 1 aromatic rings. The lowest BCUT2D eigenvalue weighted by molar-refractivity contribution is 1.54. The molecule has 0 aromatic heterocycles. The van der Waals surface area contributed by atoms with Crippen LogP contribution in [0.3, 0.4) is 0 Å². The number of hydrogen-bond acceptors (Lipinski definition) is 0. The van der Waals surface area contributed by atoms with E-state index in [2.05, 4.69) is 61.7 Å². The molecule has 0 unspecified atom stereocenters. The Labute approximate surface area is 122 Å². The van der Waals surface area contributed by atoms with Gasteiger partial charge in [-0.2, -0.15) is 0 Å². The summed E-state index contributed by atoms with van der Waals surface area (Å²) >= 11 is 0. The second kappa shape index (κ2) is 8.71. The van der Waals surface area contributed by atoms with Gasteiger partial charge in [-0.1, -0.05) is 86.0 Å². The monoisotopic (exact) mass is 262 g/mol.